The summed E-state index contributed by atoms with van der Waals surface area (Å²) in [7, 11) is 0. The second-order valence-corrected chi connectivity index (χ2v) is 23.3. The molecule has 1 aliphatic carbocycles. The Labute approximate surface area is 519 Å². The summed E-state index contributed by atoms with van der Waals surface area (Å²) in [6.07, 6.45) is 14.0. The van der Waals surface area contributed by atoms with Gasteiger partial charge in [-0.3, -0.25) is 9.59 Å². The van der Waals surface area contributed by atoms with E-state index in [1.807, 2.05) is 102 Å². The molecule has 7 N–H and O–H groups in total. The minimum absolute atomic E-state index is 0.00769. The molecule has 0 atom stereocenters. The molecule has 12 nitrogen and oxygen atoms in total. The molecule has 466 valence electrons. The summed E-state index contributed by atoms with van der Waals surface area (Å²) in [5, 5.41) is 29.6. The van der Waals surface area contributed by atoms with Gasteiger partial charge in [-0.1, -0.05) is 189 Å². The molecule has 87 heavy (non-hydrogen) atoms. The van der Waals surface area contributed by atoms with Crippen molar-refractivity contribution < 1.29 is 38.8 Å². The predicted molar refractivity (Wildman–Crippen MR) is 356 cm³/mol. The third kappa shape index (κ3) is 17.0. The van der Waals surface area contributed by atoms with Crippen molar-refractivity contribution in [2.24, 2.45) is 5.73 Å². The average Bonchev–Trinajstić information content (AvgIpc) is 2.00. The third-order valence-corrected chi connectivity index (χ3v) is 18.4. The van der Waals surface area contributed by atoms with Gasteiger partial charge in [-0.2, -0.15) is 0 Å². The fourth-order valence-corrected chi connectivity index (χ4v) is 12.1. The smallest absolute Gasteiger partial charge is 0.407 e. The molecule has 0 heterocycles. The number of nitrogens with one attached hydrogen (secondary N) is 3. The lowest BCUT2D eigenvalue weighted by Crippen LogP contribution is -2.37. The molecular formula is C75H98N4O8. The van der Waals surface area contributed by atoms with Gasteiger partial charge >= 0.3 is 6.09 Å². The van der Waals surface area contributed by atoms with E-state index in [1.165, 1.54) is 44.5 Å². The number of aryl methyl sites for hydroxylation is 4. The first-order valence-electron chi connectivity index (χ1n) is 31.6. The van der Waals surface area contributed by atoms with Crippen LogP contribution >= 0.6 is 0 Å². The zero-order valence-corrected chi connectivity index (χ0v) is 54.0. The topological polar surface area (TPSA) is 181 Å². The Kier molecular flexibility index (Phi) is 25.2. The highest BCUT2D eigenvalue weighted by Crippen LogP contribution is 2.46. The van der Waals surface area contributed by atoms with Crippen LogP contribution in [-0.2, 0) is 25.2 Å². The van der Waals surface area contributed by atoms with Crippen LogP contribution in [0.15, 0.2) is 133 Å². The number of carbonyl (C=O) groups excluding carboxylic acids is 3. The summed E-state index contributed by atoms with van der Waals surface area (Å²) in [5.74, 6) is 0.930. The number of nitrogens with two attached hydrogens (primary N) is 1. The van der Waals surface area contributed by atoms with E-state index in [0.29, 0.717) is 50.3 Å². The Morgan fingerprint density at radius 2 is 0.851 bits per heavy atom. The second kappa shape index (κ2) is 31.9. The Morgan fingerprint density at radius 1 is 0.483 bits per heavy atom. The van der Waals surface area contributed by atoms with Crippen LogP contribution in [0.25, 0.3) is 23.3 Å². The third-order valence-electron chi connectivity index (χ3n) is 18.4. The van der Waals surface area contributed by atoms with E-state index in [-0.39, 0.29) is 61.5 Å². The van der Waals surface area contributed by atoms with Gasteiger partial charge in [0, 0.05) is 42.9 Å². The summed E-state index contributed by atoms with van der Waals surface area (Å²) in [4.78, 5) is 37.0. The minimum Gasteiger partial charge on any atom is -0.484 e. The number of carbonyl (C=O) groups is 3. The molecular weight excluding hydrogens is 1080 g/mol. The van der Waals surface area contributed by atoms with Crippen LogP contribution in [-0.4, -0.2) is 85.3 Å². The average molecular weight is 1180 g/mol. The minimum atomic E-state index is -0.783. The van der Waals surface area contributed by atoms with Crippen molar-refractivity contribution in [2.45, 2.75) is 162 Å². The molecule has 3 amide bonds. The highest BCUT2D eigenvalue weighted by atomic mass is 16.5. The van der Waals surface area contributed by atoms with Crippen molar-refractivity contribution in [2.75, 3.05) is 46.0 Å². The Hall–Kier alpha value is -7.51. The normalized spacial score (nSPS) is 12.5. The van der Waals surface area contributed by atoms with Crippen molar-refractivity contribution in [1.29, 1.82) is 0 Å². The van der Waals surface area contributed by atoms with E-state index in [9.17, 15) is 24.6 Å². The van der Waals surface area contributed by atoms with Crippen LogP contribution in [0.3, 0.4) is 0 Å². The van der Waals surface area contributed by atoms with Gasteiger partial charge in [0.25, 0.3) is 11.8 Å². The van der Waals surface area contributed by atoms with Crippen molar-refractivity contribution in [3.8, 4) is 22.6 Å². The maximum absolute atomic E-state index is 12.6. The fraction of sp³-hybridized carbons (Fsp3) is 0.427. The Morgan fingerprint density at radius 3 is 1.22 bits per heavy atom. The van der Waals surface area contributed by atoms with Crippen LogP contribution in [0, 0.1) is 27.7 Å². The maximum atomic E-state index is 12.6. The molecule has 0 saturated heterocycles. The van der Waals surface area contributed by atoms with Crippen LogP contribution in [0.2, 0.25) is 0 Å². The van der Waals surface area contributed by atoms with Gasteiger partial charge in [-0.05, 0) is 169 Å². The van der Waals surface area contributed by atoms with E-state index < -0.39 is 17.3 Å². The van der Waals surface area contributed by atoms with E-state index in [2.05, 4.69) is 142 Å². The van der Waals surface area contributed by atoms with Crippen LogP contribution in [0.5, 0.6) is 11.5 Å². The Balaban J connectivity index is 0.000000301. The van der Waals surface area contributed by atoms with Crippen molar-refractivity contribution in [1.82, 2.24) is 16.0 Å². The van der Waals surface area contributed by atoms with Gasteiger partial charge in [0.15, 0.2) is 13.2 Å². The molecule has 6 aromatic carbocycles. The van der Waals surface area contributed by atoms with Crippen LogP contribution in [0.4, 0.5) is 4.79 Å². The van der Waals surface area contributed by atoms with Crippen molar-refractivity contribution in [3.63, 3.8) is 0 Å². The predicted octanol–water partition coefficient (Wildman–Crippen LogP) is 14.4. The van der Waals surface area contributed by atoms with Gasteiger partial charge in [-0.15, -0.1) is 0 Å². The van der Waals surface area contributed by atoms with E-state index >= 15 is 0 Å². The molecule has 0 bridgehead atoms. The molecule has 0 spiro atoms. The van der Waals surface area contributed by atoms with Crippen LogP contribution in [0.1, 0.15) is 179 Å². The van der Waals surface area contributed by atoms with Crippen molar-refractivity contribution >= 4 is 30.1 Å². The van der Waals surface area contributed by atoms with E-state index in [0.717, 1.165) is 59.1 Å². The molecule has 0 aromatic heterocycles. The molecule has 1 aliphatic rings. The van der Waals surface area contributed by atoms with Gasteiger partial charge < -0.3 is 46.1 Å². The number of benzene rings is 6. The lowest BCUT2D eigenvalue weighted by Gasteiger charge is -2.34. The van der Waals surface area contributed by atoms with Gasteiger partial charge in [0.05, 0.1) is 11.2 Å². The second-order valence-electron chi connectivity index (χ2n) is 23.3. The summed E-state index contributed by atoms with van der Waals surface area (Å²) in [6, 6.07) is 42.3. The zero-order chi connectivity index (χ0) is 63.4. The molecule has 0 unspecified atom stereocenters. The van der Waals surface area contributed by atoms with Gasteiger partial charge in [0.2, 0.25) is 0 Å². The number of alkyl carbamates (subject to hydrolysis) is 1. The lowest BCUT2D eigenvalue weighted by molar-refractivity contribution is -0.123. The quantitative estimate of drug-likeness (QED) is 0.0249. The summed E-state index contributed by atoms with van der Waals surface area (Å²) in [6.45, 7) is 26.7. The molecule has 6 aromatic rings. The Bertz CT molecular complexity index is 3260. The first-order valence-corrected chi connectivity index (χ1v) is 31.6. The highest BCUT2D eigenvalue weighted by Gasteiger charge is 2.34. The number of amides is 3. The molecule has 0 saturated carbocycles. The summed E-state index contributed by atoms with van der Waals surface area (Å²) >= 11 is 0. The highest BCUT2D eigenvalue weighted by molar-refractivity contribution is 5.80. The van der Waals surface area contributed by atoms with E-state index in [4.69, 9.17) is 19.9 Å². The number of hydrogen-bond donors (Lipinski definition) is 6. The number of aliphatic hydroxyl groups is 2. The fourth-order valence-electron chi connectivity index (χ4n) is 12.1. The summed E-state index contributed by atoms with van der Waals surface area (Å²) < 4.78 is 17.3. The SMILES string of the molecule is CCC(O)(/C=C/c1ccc(C(CC)(CC)c2ccc(OCC(=O)NCCN)c(C)c2)cc1C)CC.CCC(O)(/C=C/c1ccc(C(CC)(CC)c2ccc(OCC(=O)NCCNC(=O)OCC3c4ccccc4-c4ccccc43)c(C)c2)cc1C)CC. The van der Waals surface area contributed by atoms with Gasteiger partial charge in [-0.25, -0.2) is 4.79 Å². The number of rotatable bonds is 29. The zero-order valence-electron chi connectivity index (χ0n) is 54.0. The number of ether oxygens (including phenoxy) is 3. The lowest BCUT2D eigenvalue weighted by atomic mass is 9.70. The molecule has 0 fully saturated rings. The number of fused-ring (bicyclic) bond motifs is 3. The van der Waals surface area contributed by atoms with Crippen LogP contribution < -0.4 is 31.2 Å². The van der Waals surface area contributed by atoms with Gasteiger partial charge in [0.1, 0.15) is 18.1 Å². The first-order chi connectivity index (χ1) is 41.8. The molecule has 0 radical (unpaired) electrons. The molecule has 12 heteroatoms. The summed E-state index contributed by atoms with van der Waals surface area (Å²) in [5.41, 5.74) is 19.8. The first kappa shape index (κ1) is 68.6. The molecule has 0 aliphatic heterocycles. The monoisotopic (exact) mass is 1180 g/mol. The standard InChI is InChI=1S/C45H54N2O5.C30H44N2O3/c1-7-44(50,8-2)24-23-33-19-20-34(27-31(33)5)45(9-3,10-4)35-21-22-41(32(6)28-35)51-30-42(48)46-25-26-47-43(49)52-29-40-38-17-13-11-15-36(38)37-16-12-14-18-39(37)40;1-7-29(34,8-2)16-15-24-11-12-25(19-22(24)5)30(9-3,10-4)26-13-14-27(23(6)20-26)35-21-28(33)32-18-17-31/h11-24,27-28,40,50H,7-10,25-26,29-30H2,1-6H3,(H,46,48)(H,47,49);11-16,19-20,34H,7-10,17-18,21,31H2,1-6H3,(H,32,33)/b24-23+;16-15+. The maximum Gasteiger partial charge on any atom is 0.407 e. The largest absolute Gasteiger partial charge is 0.484 e. The van der Waals surface area contributed by atoms with Crippen molar-refractivity contribution in [3.05, 3.63) is 200 Å². The molecule has 7 rings (SSSR count). The number of hydrogen-bond acceptors (Lipinski definition) is 9. The van der Waals surface area contributed by atoms with E-state index in [1.54, 1.807) is 0 Å².